The Bertz CT molecular complexity index is 848. The second-order valence-corrected chi connectivity index (χ2v) is 6.68. The molecule has 0 heterocycles. The summed E-state index contributed by atoms with van der Waals surface area (Å²) in [5.74, 6) is 0. The molecule has 0 aromatic heterocycles. The van der Waals surface area contributed by atoms with E-state index in [2.05, 4.69) is 0 Å². The van der Waals surface area contributed by atoms with Crippen LogP contribution in [0.3, 0.4) is 0 Å². The van der Waals surface area contributed by atoms with E-state index >= 15 is 0 Å². The summed E-state index contributed by atoms with van der Waals surface area (Å²) in [6.07, 6.45) is -3.48. The Balaban J connectivity index is 2.59. The van der Waals surface area contributed by atoms with E-state index in [1.807, 2.05) is 6.07 Å². The van der Waals surface area contributed by atoms with Gasteiger partial charge in [-0.05, 0) is 35.9 Å². The van der Waals surface area contributed by atoms with E-state index < -0.39 is 21.6 Å². The third-order valence-electron chi connectivity index (χ3n) is 3.06. The van der Waals surface area contributed by atoms with Crippen molar-refractivity contribution >= 4 is 9.84 Å². The fraction of sp³-hybridized carbons (Fsp3) is 0.133. The van der Waals surface area contributed by atoms with Crippen LogP contribution in [-0.4, -0.2) is 14.7 Å². The van der Waals surface area contributed by atoms with Crippen molar-refractivity contribution in [2.45, 2.75) is 11.1 Å². The van der Waals surface area contributed by atoms with E-state index in [0.29, 0.717) is 5.56 Å². The highest BCUT2D eigenvalue weighted by atomic mass is 32.2. The summed E-state index contributed by atoms with van der Waals surface area (Å²) in [7, 11) is -3.39. The van der Waals surface area contributed by atoms with Crippen LogP contribution in [0.2, 0.25) is 0 Å². The van der Waals surface area contributed by atoms with Gasteiger partial charge in [0.05, 0.1) is 22.1 Å². The van der Waals surface area contributed by atoms with Crippen molar-refractivity contribution in [1.82, 2.24) is 0 Å². The minimum atomic E-state index is -4.52. The lowest BCUT2D eigenvalue weighted by atomic mass is 9.98. The Morgan fingerprint density at radius 2 is 1.64 bits per heavy atom. The van der Waals surface area contributed by atoms with Crippen LogP contribution in [0, 0.1) is 11.3 Å². The molecule has 0 atom stereocenters. The van der Waals surface area contributed by atoms with E-state index in [1.54, 1.807) is 0 Å². The van der Waals surface area contributed by atoms with Crippen LogP contribution in [0.5, 0.6) is 0 Å². The maximum Gasteiger partial charge on any atom is 0.416 e. The molecule has 22 heavy (non-hydrogen) atoms. The van der Waals surface area contributed by atoms with Crippen molar-refractivity contribution < 1.29 is 21.6 Å². The van der Waals surface area contributed by atoms with Crippen LogP contribution in [-0.2, 0) is 16.0 Å². The minimum absolute atomic E-state index is 0.0572. The summed E-state index contributed by atoms with van der Waals surface area (Å²) in [4.78, 5) is 0.0572. The SMILES string of the molecule is CS(=O)(=O)c1ccc(-c2cc(C(F)(F)F)ccc2C#N)cc1. The predicted octanol–water partition coefficient (Wildman–Crippen LogP) is 3.65. The third-order valence-corrected chi connectivity index (χ3v) is 4.19. The molecule has 0 fully saturated rings. The van der Waals surface area contributed by atoms with E-state index in [4.69, 9.17) is 5.26 Å². The first-order valence-electron chi connectivity index (χ1n) is 6.05. The van der Waals surface area contributed by atoms with Gasteiger partial charge in [0.15, 0.2) is 9.84 Å². The molecule has 0 aliphatic heterocycles. The lowest BCUT2D eigenvalue weighted by molar-refractivity contribution is -0.137. The van der Waals surface area contributed by atoms with Gasteiger partial charge in [-0.15, -0.1) is 0 Å². The molecule has 2 aromatic rings. The fourth-order valence-corrected chi connectivity index (χ4v) is 2.57. The Kier molecular flexibility index (Phi) is 3.98. The van der Waals surface area contributed by atoms with Gasteiger partial charge in [0, 0.05) is 11.8 Å². The maximum absolute atomic E-state index is 12.8. The van der Waals surface area contributed by atoms with Gasteiger partial charge >= 0.3 is 6.18 Å². The molecular formula is C15H10F3NO2S. The average molecular weight is 325 g/mol. The average Bonchev–Trinajstić information content (AvgIpc) is 2.45. The van der Waals surface area contributed by atoms with E-state index in [1.165, 1.54) is 24.3 Å². The summed E-state index contributed by atoms with van der Waals surface area (Å²) in [5, 5.41) is 9.03. The van der Waals surface area contributed by atoms with Gasteiger partial charge in [0.25, 0.3) is 0 Å². The van der Waals surface area contributed by atoms with Crippen LogP contribution >= 0.6 is 0 Å². The van der Waals surface area contributed by atoms with Crippen molar-refractivity contribution in [3.8, 4) is 17.2 Å². The zero-order valence-corrected chi connectivity index (χ0v) is 12.2. The van der Waals surface area contributed by atoms with Crippen LogP contribution in [0.4, 0.5) is 13.2 Å². The highest BCUT2D eigenvalue weighted by Crippen LogP contribution is 2.34. The van der Waals surface area contributed by atoms with Crippen molar-refractivity contribution in [2.24, 2.45) is 0 Å². The van der Waals surface area contributed by atoms with Gasteiger partial charge in [-0.3, -0.25) is 0 Å². The standard InChI is InChI=1S/C15H10F3NO2S/c1-22(20,21)13-6-3-10(4-7-13)14-8-12(15(16,17)18)5-2-11(14)9-19/h2-8H,1H3. The lowest BCUT2D eigenvalue weighted by Crippen LogP contribution is -2.05. The molecule has 0 spiro atoms. The smallest absolute Gasteiger partial charge is 0.224 e. The van der Waals surface area contributed by atoms with Crippen molar-refractivity contribution in [2.75, 3.05) is 6.26 Å². The Morgan fingerprint density at radius 1 is 1.05 bits per heavy atom. The summed E-state index contributed by atoms with van der Waals surface area (Å²) in [6.45, 7) is 0. The van der Waals surface area contributed by atoms with Crippen molar-refractivity contribution in [3.63, 3.8) is 0 Å². The van der Waals surface area contributed by atoms with Gasteiger partial charge in [-0.1, -0.05) is 12.1 Å². The maximum atomic E-state index is 12.8. The quantitative estimate of drug-likeness (QED) is 0.847. The normalized spacial score (nSPS) is 12.0. The summed E-state index contributed by atoms with van der Waals surface area (Å²) in [5.41, 5.74) is -0.332. The van der Waals surface area contributed by atoms with Crippen LogP contribution in [0.1, 0.15) is 11.1 Å². The molecule has 0 N–H and O–H groups in total. The largest absolute Gasteiger partial charge is 0.416 e. The van der Waals surface area contributed by atoms with Crippen LogP contribution in [0.15, 0.2) is 47.4 Å². The van der Waals surface area contributed by atoms with Crippen molar-refractivity contribution in [1.29, 1.82) is 5.26 Å². The summed E-state index contributed by atoms with van der Waals surface area (Å²) >= 11 is 0. The minimum Gasteiger partial charge on any atom is -0.224 e. The number of nitrogens with zero attached hydrogens (tertiary/aromatic N) is 1. The number of rotatable bonds is 2. The number of benzene rings is 2. The first-order chi connectivity index (χ1) is 10.1. The molecule has 0 saturated heterocycles. The molecule has 2 rings (SSSR count). The predicted molar refractivity (Wildman–Crippen MR) is 74.7 cm³/mol. The topological polar surface area (TPSA) is 57.9 Å². The van der Waals surface area contributed by atoms with Gasteiger partial charge in [-0.2, -0.15) is 18.4 Å². The number of hydrogen-bond donors (Lipinski definition) is 0. The van der Waals surface area contributed by atoms with Gasteiger partial charge in [0.1, 0.15) is 0 Å². The molecule has 0 radical (unpaired) electrons. The molecule has 0 bridgehead atoms. The Hall–Kier alpha value is -2.33. The molecule has 0 aliphatic carbocycles. The first-order valence-corrected chi connectivity index (χ1v) is 7.94. The zero-order chi connectivity index (χ0) is 16.5. The molecule has 7 heteroatoms. The van der Waals surface area contributed by atoms with E-state index in [0.717, 1.165) is 24.5 Å². The van der Waals surface area contributed by atoms with Crippen LogP contribution in [0.25, 0.3) is 11.1 Å². The van der Waals surface area contributed by atoms with E-state index in [9.17, 15) is 21.6 Å². The molecule has 0 unspecified atom stereocenters. The van der Waals surface area contributed by atoms with Crippen molar-refractivity contribution in [3.05, 3.63) is 53.6 Å². The number of halogens is 3. The molecular weight excluding hydrogens is 315 g/mol. The molecule has 0 amide bonds. The van der Waals surface area contributed by atoms with E-state index in [-0.39, 0.29) is 16.0 Å². The molecule has 3 nitrogen and oxygen atoms in total. The van der Waals surface area contributed by atoms with Gasteiger partial charge in [0.2, 0.25) is 0 Å². The van der Waals surface area contributed by atoms with Gasteiger partial charge < -0.3 is 0 Å². The first kappa shape index (κ1) is 16.0. The van der Waals surface area contributed by atoms with Crippen LogP contribution < -0.4 is 0 Å². The Labute approximate surface area is 125 Å². The van der Waals surface area contributed by atoms with Gasteiger partial charge in [-0.25, -0.2) is 8.42 Å². The summed E-state index contributed by atoms with van der Waals surface area (Å²) < 4.78 is 61.1. The number of sulfone groups is 1. The lowest BCUT2D eigenvalue weighted by Gasteiger charge is -2.11. The number of alkyl halides is 3. The third kappa shape index (κ3) is 3.28. The molecule has 114 valence electrons. The summed E-state index contributed by atoms with van der Waals surface area (Å²) in [6, 6.07) is 10.0. The molecule has 0 aliphatic rings. The Morgan fingerprint density at radius 3 is 2.09 bits per heavy atom. The second-order valence-electron chi connectivity index (χ2n) is 4.67. The number of nitriles is 1. The highest BCUT2D eigenvalue weighted by molar-refractivity contribution is 7.90. The second kappa shape index (κ2) is 5.46. The highest BCUT2D eigenvalue weighted by Gasteiger charge is 2.31. The monoisotopic (exact) mass is 325 g/mol. The zero-order valence-electron chi connectivity index (χ0n) is 11.3. The number of hydrogen-bond acceptors (Lipinski definition) is 3. The molecule has 0 saturated carbocycles. The fourth-order valence-electron chi connectivity index (χ4n) is 1.94. The molecule has 2 aromatic carbocycles.